The van der Waals surface area contributed by atoms with E-state index in [1.165, 1.54) is 0 Å². The normalized spacial score (nSPS) is 11.7. The van der Waals surface area contributed by atoms with Crippen molar-refractivity contribution in [1.82, 2.24) is 10.6 Å². The van der Waals surface area contributed by atoms with E-state index in [1.54, 1.807) is 24.3 Å². The number of hydrogen-bond donors (Lipinski definition) is 3. The highest BCUT2D eigenvalue weighted by Crippen LogP contribution is 2.09. The van der Waals surface area contributed by atoms with E-state index in [0.29, 0.717) is 13.0 Å². The molecule has 1 unspecified atom stereocenters. The number of amides is 2. The summed E-state index contributed by atoms with van der Waals surface area (Å²) in [6.45, 7) is 4.55. The molecular formula is C16H24N2O3. The summed E-state index contributed by atoms with van der Waals surface area (Å²) in [5, 5.41) is 14.8. The monoisotopic (exact) mass is 292 g/mol. The minimum atomic E-state index is -0.941. The van der Waals surface area contributed by atoms with Crippen molar-refractivity contribution in [3.8, 4) is 0 Å². The number of rotatable bonds is 8. The highest BCUT2D eigenvalue weighted by atomic mass is 16.4. The van der Waals surface area contributed by atoms with Crippen LogP contribution in [0.3, 0.4) is 0 Å². The lowest BCUT2D eigenvalue weighted by atomic mass is 10.0. The number of carboxylic acid groups (broad SMARTS) is 1. The van der Waals surface area contributed by atoms with E-state index in [9.17, 15) is 9.59 Å². The van der Waals surface area contributed by atoms with Crippen LogP contribution in [0.5, 0.6) is 0 Å². The number of carbonyl (C=O) groups excluding carboxylic acids is 1. The highest BCUT2D eigenvalue weighted by Gasteiger charge is 2.11. The molecule has 5 nitrogen and oxygen atoms in total. The van der Waals surface area contributed by atoms with Crippen molar-refractivity contribution in [3.05, 3.63) is 35.4 Å². The van der Waals surface area contributed by atoms with Crippen LogP contribution in [-0.2, 0) is 6.42 Å². The molecule has 0 aliphatic rings. The summed E-state index contributed by atoms with van der Waals surface area (Å²) in [6, 6.07) is 6.85. The van der Waals surface area contributed by atoms with Crippen LogP contribution in [0.15, 0.2) is 24.3 Å². The second-order valence-electron chi connectivity index (χ2n) is 5.01. The van der Waals surface area contributed by atoms with Gasteiger partial charge in [0.1, 0.15) is 0 Å². The minimum absolute atomic E-state index is 0.192. The molecule has 5 heteroatoms. The molecule has 1 rings (SSSR count). The number of carboxylic acids is 1. The van der Waals surface area contributed by atoms with Crippen molar-refractivity contribution < 1.29 is 14.7 Å². The quantitative estimate of drug-likeness (QED) is 0.689. The number of urea groups is 1. The molecule has 0 aliphatic carbocycles. The molecule has 0 aliphatic heterocycles. The molecule has 0 bridgehead atoms. The van der Waals surface area contributed by atoms with Crippen molar-refractivity contribution in [2.45, 2.75) is 45.6 Å². The third kappa shape index (κ3) is 5.85. The maximum Gasteiger partial charge on any atom is 0.335 e. The molecule has 0 heterocycles. The molecule has 116 valence electrons. The molecule has 0 saturated carbocycles. The van der Waals surface area contributed by atoms with Gasteiger partial charge < -0.3 is 15.7 Å². The standard InChI is InChI=1S/C16H24N2O3/c1-3-7-13(4-2)18-16(21)17-11-10-12-8-5-6-9-14(12)15(19)20/h5-6,8-9,13H,3-4,7,10-11H2,1-2H3,(H,19,20)(H2,17,18,21). The Morgan fingerprint density at radius 1 is 1.24 bits per heavy atom. The molecule has 0 radical (unpaired) electrons. The number of benzene rings is 1. The summed E-state index contributed by atoms with van der Waals surface area (Å²) in [5.41, 5.74) is 1.02. The third-order valence-corrected chi connectivity index (χ3v) is 3.39. The van der Waals surface area contributed by atoms with Gasteiger partial charge in [0.25, 0.3) is 0 Å². The van der Waals surface area contributed by atoms with E-state index in [0.717, 1.165) is 24.8 Å². The first-order valence-electron chi connectivity index (χ1n) is 7.44. The van der Waals surface area contributed by atoms with Gasteiger partial charge in [0.2, 0.25) is 0 Å². The zero-order valence-electron chi connectivity index (χ0n) is 12.7. The van der Waals surface area contributed by atoms with Crippen LogP contribution in [-0.4, -0.2) is 29.7 Å². The first-order valence-corrected chi connectivity index (χ1v) is 7.44. The van der Waals surface area contributed by atoms with Gasteiger partial charge in [-0.25, -0.2) is 9.59 Å². The van der Waals surface area contributed by atoms with Crippen molar-refractivity contribution in [2.24, 2.45) is 0 Å². The van der Waals surface area contributed by atoms with Gasteiger partial charge in [-0.3, -0.25) is 0 Å². The van der Waals surface area contributed by atoms with E-state index < -0.39 is 5.97 Å². The van der Waals surface area contributed by atoms with Gasteiger partial charge >= 0.3 is 12.0 Å². The third-order valence-electron chi connectivity index (χ3n) is 3.39. The first kappa shape index (κ1) is 17.0. The number of hydrogen-bond acceptors (Lipinski definition) is 2. The maximum atomic E-state index is 11.8. The Morgan fingerprint density at radius 3 is 2.57 bits per heavy atom. The van der Waals surface area contributed by atoms with Crippen LogP contribution in [0.25, 0.3) is 0 Å². The molecular weight excluding hydrogens is 268 g/mol. The van der Waals surface area contributed by atoms with Crippen LogP contribution in [0.4, 0.5) is 4.79 Å². The predicted molar refractivity (Wildman–Crippen MR) is 82.6 cm³/mol. The Morgan fingerprint density at radius 2 is 1.95 bits per heavy atom. The lowest BCUT2D eigenvalue weighted by Crippen LogP contribution is -2.42. The SMILES string of the molecule is CCCC(CC)NC(=O)NCCc1ccccc1C(=O)O. The summed E-state index contributed by atoms with van der Waals surface area (Å²) in [6.07, 6.45) is 3.40. The summed E-state index contributed by atoms with van der Waals surface area (Å²) >= 11 is 0. The first-order chi connectivity index (χ1) is 10.1. The molecule has 0 aromatic heterocycles. The van der Waals surface area contributed by atoms with Gasteiger partial charge in [-0.05, 0) is 30.9 Å². The van der Waals surface area contributed by atoms with Gasteiger partial charge in [0.05, 0.1) is 5.56 Å². The summed E-state index contributed by atoms with van der Waals surface area (Å²) < 4.78 is 0. The molecule has 0 saturated heterocycles. The fourth-order valence-corrected chi connectivity index (χ4v) is 2.22. The van der Waals surface area contributed by atoms with E-state index in [2.05, 4.69) is 17.6 Å². The topological polar surface area (TPSA) is 78.4 Å². The zero-order valence-corrected chi connectivity index (χ0v) is 12.7. The van der Waals surface area contributed by atoms with E-state index >= 15 is 0 Å². The highest BCUT2D eigenvalue weighted by molar-refractivity contribution is 5.89. The Bertz CT molecular complexity index is 474. The largest absolute Gasteiger partial charge is 0.478 e. The van der Waals surface area contributed by atoms with Crippen LogP contribution in [0.1, 0.15) is 49.0 Å². The van der Waals surface area contributed by atoms with Crippen molar-refractivity contribution in [3.63, 3.8) is 0 Å². The van der Waals surface area contributed by atoms with Crippen LogP contribution in [0.2, 0.25) is 0 Å². The average molecular weight is 292 g/mol. The van der Waals surface area contributed by atoms with Gasteiger partial charge in [-0.2, -0.15) is 0 Å². The Hall–Kier alpha value is -2.04. The van der Waals surface area contributed by atoms with Gasteiger partial charge in [-0.15, -0.1) is 0 Å². The Labute approximate surface area is 125 Å². The van der Waals surface area contributed by atoms with Gasteiger partial charge in [0, 0.05) is 12.6 Å². The molecule has 3 N–H and O–H groups in total. The Kier molecular flexibility index (Phi) is 7.29. The second-order valence-corrected chi connectivity index (χ2v) is 5.01. The van der Waals surface area contributed by atoms with E-state index in [1.807, 2.05) is 6.92 Å². The lowest BCUT2D eigenvalue weighted by molar-refractivity contribution is 0.0695. The van der Waals surface area contributed by atoms with Crippen LogP contribution in [0, 0.1) is 0 Å². The zero-order chi connectivity index (χ0) is 15.7. The van der Waals surface area contributed by atoms with Crippen LogP contribution >= 0.6 is 0 Å². The van der Waals surface area contributed by atoms with Crippen molar-refractivity contribution >= 4 is 12.0 Å². The maximum absolute atomic E-state index is 11.8. The van der Waals surface area contributed by atoms with Crippen LogP contribution < -0.4 is 10.6 Å². The van der Waals surface area contributed by atoms with Gasteiger partial charge in [-0.1, -0.05) is 38.5 Å². The lowest BCUT2D eigenvalue weighted by Gasteiger charge is -2.16. The number of aromatic carboxylic acids is 1. The van der Waals surface area contributed by atoms with E-state index in [4.69, 9.17) is 5.11 Å². The molecule has 1 aromatic rings. The fourth-order valence-electron chi connectivity index (χ4n) is 2.22. The molecule has 1 aromatic carbocycles. The molecule has 0 spiro atoms. The average Bonchev–Trinajstić information content (AvgIpc) is 2.47. The Balaban J connectivity index is 2.43. The van der Waals surface area contributed by atoms with Gasteiger partial charge in [0.15, 0.2) is 0 Å². The summed E-state index contributed by atoms with van der Waals surface area (Å²) in [5.74, 6) is -0.941. The minimum Gasteiger partial charge on any atom is -0.478 e. The molecule has 21 heavy (non-hydrogen) atoms. The van der Waals surface area contributed by atoms with E-state index in [-0.39, 0.29) is 17.6 Å². The molecule has 0 fully saturated rings. The molecule has 1 atom stereocenters. The number of nitrogens with one attached hydrogen (secondary N) is 2. The summed E-state index contributed by atoms with van der Waals surface area (Å²) in [4.78, 5) is 22.8. The molecule has 2 amide bonds. The summed E-state index contributed by atoms with van der Waals surface area (Å²) in [7, 11) is 0. The van der Waals surface area contributed by atoms with Crippen molar-refractivity contribution in [1.29, 1.82) is 0 Å². The fraction of sp³-hybridized carbons (Fsp3) is 0.500. The number of carbonyl (C=O) groups is 2. The predicted octanol–water partition coefficient (Wildman–Crippen LogP) is 2.81. The van der Waals surface area contributed by atoms with Crippen molar-refractivity contribution in [2.75, 3.05) is 6.54 Å². The second kappa shape index (κ2) is 9.00. The smallest absolute Gasteiger partial charge is 0.335 e.